The molecule has 0 unspecified atom stereocenters. The molecule has 3 aromatic rings. The van der Waals surface area contributed by atoms with Crippen molar-refractivity contribution in [1.82, 2.24) is 15.1 Å². The molecule has 0 radical (unpaired) electrons. The van der Waals surface area contributed by atoms with Gasteiger partial charge in [0, 0.05) is 23.4 Å². The zero-order valence-corrected chi connectivity index (χ0v) is 16.3. The summed E-state index contributed by atoms with van der Waals surface area (Å²) < 4.78 is 33.9. The number of methoxy groups -OCH3 is 1. The number of aromatic amines is 1. The van der Waals surface area contributed by atoms with Crippen molar-refractivity contribution in [3.05, 3.63) is 42.0 Å². The van der Waals surface area contributed by atoms with Crippen LogP contribution in [-0.4, -0.2) is 48.3 Å². The molecule has 6 nitrogen and oxygen atoms in total. The van der Waals surface area contributed by atoms with E-state index < -0.39 is 11.6 Å². The summed E-state index contributed by atoms with van der Waals surface area (Å²) >= 11 is 0. The molecule has 1 aliphatic heterocycles. The molecule has 8 heteroatoms. The molecule has 29 heavy (non-hydrogen) atoms. The number of nitrogens with zero attached hydrogens (tertiary/aromatic N) is 2. The predicted octanol–water partition coefficient (Wildman–Crippen LogP) is 3.80. The number of carbonyl (C=O) groups excluding carboxylic acids is 1. The Kier molecular flexibility index (Phi) is 5.19. The molecule has 0 atom stereocenters. The van der Waals surface area contributed by atoms with E-state index in [1.165, 1.54) is 7.11 Å². The lowest BCUT2D eigenvalue weighted by atomic mass is 9.96. The van der Waals surface area contributed by atoms with Gasteiger partial charge >= 0.3 is 0 Å². The molecule has 2 N–H and O–H groups in total. The number of fused-ring (bicyclic) bond motifs is 1. The highest BCUT2D eigenvalue weighted by molar-refractivity contribution is 6.01. The second kappa shape index (κ2) is 7.79. The lowest BCUT2D eigenvalue weighted by Gasteiger charge is -2.27. The summed E-state index contributed by atoms with van der Waals surface area (Å²) in [4.78, 5) is 14.8. The Hall–Kier alpha value is -3.00. The number of carbonyl (C=O) groups is 1. The van der Waals surface area contributed by atoms with E-state index in [1.54, 1.807) is 18.2 Å². The normalized spacial score (nSPS) is 15.6. The predicted molar refractivity (Wildman–Crippen MR) is 107 cm³/mol. The number of likely N-dealkylation sites (tertiary alicyclic amines) is 1. The molecule has 0 aliphatic carbocycles. The van der Waals surface area contributed by atoms with Crippen LogP contribution in [0.25, 0.3) is 22.0 Å². The van der Waals surface area contributed by atoms with Gasteiger partial charge in [0.05, 0.1) is 18.2 Å². The molecule has 1 fully saturated rings. The van der Waals surface area contributed by atoms with Gasteiger partial charge in [0.15, 0.2) is 5.82 Å². The van der Waals surface area contributed by atoms with E-state index in [9.17, 15) is 13.6 Å². The highest BCUT2D eigenvalue weighted by atomic mass is 19.1. The maximum atomic E-state index is 14.5. The molecular weight excluding hydrogens is 378 g/mol. The summed E-state index contributed by atoms with van der Waals surface area (Å²) in [6, 6.07) is 7.20. The number of halogens is 2. The monoisotopic (exact) mass is 400 g/mol. The quantitative estimate of drug-likeness (QED) is 0.699. The van der Waals surface area contributed by atoms with Crippen molar-refractivity contribution in [2.24, 2.45) is 5.92 Å². The summed E-state index contributed by atoms with van der Waals surface area (Å²) in [5.74, 6) is -1.13. The van der Waals surface area contributed by atoms with Crippen molar-refractivity contribution in [3.63, 3.8) is 0 Å². The number of ether oxygens (including phenoxy) is 1. The smallest absolute Gasteiger partial charge is 0.228 e. The van der Waals surface area contributed by atoms with Gasteiger partial charge in [-0.15, -0.1) is 0 Å². The van der Waals surface area contributed by atoms with E-state index >= 15 is 0 Å². The van der Waals surface area contributed by atoms with E-state index in [-0.39, 0.29) is 23.1 Å². The van der Waals surface area contributed by atoms with Gasteiger partial charge < -0.3 is 15.0 Å². The first-order chi connectivity index (χ1) is 14.0. The molecule has 1 saturated heterocycles. The Morgan fingerprint density at radius 2 is 1.90 bits per heavy atom. The van der Waals surface area contributed by atoms with Gasteiger partial charge in [0.25, 0.3) is 0 Å². The first-order valence-electron chi connectivity index (χ1n) is 9.47. The van der Waals surface area contributed by atoms with E-state index in [2.05, 4.69) is 20.4 Å². The van der Waals surface area contributed by atoms with Crippen molar-refractivity contribution in [3.8, 4) is 16.9 Å². The summed E-state index contributed by atoms with van der Waals surface area (Å²) in [5.41, 5.74) is 0.870. The van der Waals surface area contributed by atoms with Crippen LogP contribution in [0, 0.1) is 17.6 Å². The van der Waals surface area contributed by atoms with Crippen LogP contribution in [-0.2, 0) is 4.79 Å². The summed E-state index contributed by atoms with van der Waals surface area (Å²) in [7, 11) is 3.39. The fourth-order valence-electron chi connectivity index (χ4n) is 3.70. The van der Waals surface area contributed by atoms with Crippen molar-refractivity contribution < 1.29 is 18.3 Å². The van der Waals surface area contributed by atoms with Gasteiger partial charge in [0.1, 0.15) is 17.4 Å². The fourth-order valence-corrected chi connectivity index (χ4v) is 3.70. The summed E-state index contributed by atoms with van der Waals surface area (Å²) in [6.45, 7) is 1.75. The SMILES string of the molecule is COc1cc(F)c(-c2ccc3[nH]nc(NC(=O)C4CCN(C)CC4)c3c2)c(F)c1. The molecule has 0 spiro atoms. The maximum Gasteiger partial charge on any atom is 0.228 e. The minimum atomic E-state index is -0.721. The first-order valence-corrected chi connectivity index (χ1v) is 9.47. The minimum Gasteiger partial charge on any atom is -0.497 e. The largest absolute Gasteiger partial charge is 0.497 e. The second-order valence-corrected chi connectivity index (χ2v) is 7.37. The molecule has 152 valence electrons. The summed E-state index contributed by atoms with van der Waals surface area (Å²) in [6.07, 6.45) is 1.58. The van der Waals surface area contributed by atoms with Crippen molar-refractivity contribution in [2.45, 2.75) is 12.8 Å². The number of benzene rings is 2. The molecule has 2 heterocycles. The number of hydrogen-bond acceptors (Lipinski definition) is 4. The van der Waals surface area contributed by atoms with E-state index in [1.807, 2.05) is 7.05 Å². The Labute approximate surface area is 166 Å². The highest BCUT2D eigenvalue weighted by Crippen LogP contribution is 2.33. The van der Waals surface area contributed by atoms with E-state index in [4.69, 9.17) is 4.74 Å². The van der Waals surface area contributed by atoms with Gasteiger partial charge in [-0.1, -0.05) is 6.07 Å². The van der Waals surface area contributed by atoms with Crippen LogP contribution in [0.2, 0.25) is 0 Å². The van der Waals surface area contributed by atoms with Gasteiger partial charge in [0.2, 0.25) is 5.91 Å². The number of piperidine rings is 1. The molecular formula is C21H22F2N4O2. The Morgan fingerprint density at radius 1 is 1.21 bits per heavy atom. The number of nitrogens with one attached hydrogen (secondary N) is 2. The third-order valence-electron chi connectivity index (χ3n) is 5.43. The molecule has 1 aromatic heterocycles. The van der Waals surface area contributed by atoms with Crippen LogP contribution in [0.4, 0.5) is 14.6 Å². The number of amides is 1. The number of anilines is 1. The third kappa shape index (κ3) is 3.80. The van der Waals surface area contributed by atoms with Crippen LogP contribution < -0.4 is 10.1 Å². The highest BCUT2D eigenvalue weighted by Gasteiger charge is 2.24. The van der Waals surface area contributed by atoms with Gasteiger partial charge in [-0.3, -0.25) is 9.89 Å². The van der Waals surface area contributed by atoms with Crippen molar-refractivity contribution in [1.29, 1.82) is 0 Å². The van der Waals surface area contributed by atoms with Crippen LogP contribution in [0.5, 0.6) is 5.75 Å². The molecule has 4 rings (SSSR count). The van der Waals surface area contributed by atoms with Crippen LogP contribution in [0.3, 0.4) is 0 Å². The molecule has 0 bridgehead atoms. The fraction of sp³-hybridized carbons (Fsp3) is 0.333. The summed E-state index contributed by atoms with van der Waals surface area (Å²) in [5, 5.41) is 10.5. The maximum absolute atomic E-state index is 14.5. The zero-order chi connectivity index (χ0) is 20.5. The van der Waals surface area contributed by atoms with Gasteiger partial charge in [-0.2, -0.15) is 5.10 Å². The van der Waals surface area contributed by atoms with E-state index in [0.717, 1.165) is 38.1 Å². The molecule has 1 aliphatic rings. The Balaban J connectivity index is 1.64. The molecule has 1 amide bonds. The Bertz CT molecular complexity index is 1040. The van der Waals surface area contributed by atoms with Crippen LogP contribution in [0.1, 0.15) is 12.8 Å². The number of rotatable bonds is 4. The van der Waals surface area contributed by atoms with E-state index in [0.29, 0.717) is 22.3 Å². The minimum absolute atomic E-state index is 0.0717. The number of H-pyrrole nitrogens is 1. The Morgan fingerprint density at radius 3 is 2.55 bits per heavy atom. The average molecular weight is 400 g/mol. The van der Waals surface area contributed by atoms with Crippen LogP contribution >= 0.6 is 0 Å². The standard InChI is InChI=1S/C21H22F2N4O2/c1-27-7-5-12(6-8-27)21(28)24-20-15-9-13(3-4-18(15)25-26-20)19-16(22)10-14(29-2)11-17(19)23/h3-4,9-12H,5-8H2,1-2H3,(H2,24,25,26,28). The number of hydrogen-bond donors (Lipinski definition) is 2. The lowest BCUT2D eigenvalue weighted by Crippen LogP contribution is -2.36. The topological polar surface area (TPSA) is 70.2 Å². The third-order valence-corrected chi connectivity index (χ3v) is 5.43. The second-order valence-electron chi connectivity index (χ2n) is 7.37. The molecule has 2 aromatic carbocycles. The first kappa shape index (κ1) is 19.3. The van der Waals surface area contributed by atoms with Crippen molar-refractivity contribution in [2.75, 3.05) is 32.6 Å². The number of aromatic nitrogens is 2. The van der Waals surface area contributed by atoms with Gasteiger partial charge in [-0.25, -0.2) is 8.78 Å². The van der Waals surface area contributed by atoms with Gasteiger partial charge in [-0.05, 0) is 50.7 Å². The van der Waals surface area contributed by atoms with Crippen molar-refractivity contribution >= 4 is 22.6 Å². The lowest BCUT2D eigenvalue weighted by molar-refractivity contribution is -0.121. The van der Waals surface area contributed by atoms with Crippen LogP contribution in [0.15, 0.2) is 30.3 Å². The average Bonchev–Trinajstić information content (AvgIpc) is 3.10. The molecule has 0 saturated carbocycles. The zero-order valence-electron chi connectivity index (χ0n) is 16.3.